The smallest absolute Gasteiger partial charge is 0.244 e. The predicted octanol–water partition coefficient (Wildman–Crippen LogP) is 3.47. The Kier molecular flexibility index (Phi) is 4.57. The Hall–Kier alpha value is -2.40. The average molecular weight is 311 g/mol. The van der Waals surface area contributed by atoms with Gasteiger partial charge in [-0.1, -0.05) is 37.5 Å². The lowest BCUT2D eigenvalue weighted by molar-refractivity contribution is -0.122. The highest BCUT2D eigenvalue weighted by Gasteiger charge is 2.35. The summed E-state index contributed by atoms with van der Waals surface area (Å²) in [6.45, 7) is 0. The van der Waals surface area contributed by atoms with Gasteiger partial charge >= 0.3 is 0 Å². The van der Waals surface area contributed by atoms with Crippen LogP contribution in [0.15, 0.2) is 48.7 Å². The molecule has 1 aliphatic carbocycles. The van der Waals surface area contributed by atoms with Gasteiger partial charge in [0.2, 0.25) is 11.8 Å². The number of hydrogen-bond acceptors (Lipinski definition) is 4. The number of nitrogens with zero attached hydrogens (tertiary/aromatic N) is 1. The molecule has 1 fully saturated rings. The van der Waals surface area contributed by atoms with Crippen LogP contribution in [0.3, 0.4) is 0 Å². The maximum Gasteiger partial charge on any atom is 0.244 e. The molecule has 1 aromatic carbocycles. The third-order valence-electron chi connectivity index (χ3n) is 4.16. The highest BCUT2D eigenvalue weighted by Crippen LogP contribution is 2.27. The van der Waals surface area contributed by atoms with Gasteiger partial charge in [0, 0.05) is 6.07 Å². The first kappa shape index (κ1) is 15.5. The van der Waals surface area contributed by atoms with Crippen LogP contribution in [0, 0.1) is 0 Å². The minimum atomic E-state index is -0.753. The van der Waals surface area contributed by atoms with Gasteiger partial charge in [0.15, 0.2) is 0 Å². The second-order valence-corrected chi connectivity index (χ2v) is 5.97. The van der Waals surface area contributed by atoms with Crippen molar-refractivity contribution in [3.8, 4) is 11.6 Å². The van der Waals surface area contributed by atoms with Gasteiger partial charge in [-0.2, -0.15) is 0 Å². The minimum absolute atomic E-state index is 0.129. The van der Waals surface area contributed by atoms with Crippen molar-refractivity contribution in [2.45, 2.75) is 37.6 Å². The van der Waals surface area contributed by atoms with Crippen LogP contribution in [-0.4, -0.2) is 16.4 Å². The van der Waals surface area contributed by atoms with Crippen LogP contribution in [0.5, 0.6) is 11.6 Å². The molecule has 5 heteroatoms. The van der Waals surface area contributed by atoms with Crippen molar-refractivity contribution in [3.63, 3.8) is 0 Å². The third kappa shape index (κ3) is 3.87. The van der Waals surface area contributed by atoms with E-state index >= 15 is 0 Å². The summed E-state index contributed by atoms with van der Waals surface area (Å²) in [5.74, 6) is 1.07. The van der Waals surface area contributed by atoms with Crippen LogP contribution in [0.25, 0.3) is 0 Å². The summed E-state index contributed by atoms with van der Waals surface area (Å²) in [4.78, 5) is 16.6. The van der Waals surface area contributed by atoms with Gasteiger partial charge in [-0.3, -0.25) is 4.79 Å². The van der Waals surface area contributed by atoms with Crippen molar-refractivity contribution in [2.24, 2.45) is 5.73 Å². The van der Waals surface area contributed by atoms with E-state index < -0.39 is 5.54 Å². The standard InChI is InChI=1S/C18H21N3O2/c19-18(11-5-2-6-12-18)17(22)21-14-9-10-16(20-13-14)23-15-7-3-1-4-8-15/h1,3-4,7-10,13H,2,5-6,11-12,19H2,(H,21,22). The highest BCUT2D eigenvalue weighted by molar-refractivity contribution is 5.97. The quantitative estimate of drug-likeness (QED) is 0.906. The molecular formula is C18H21N3O2. The van der Waals surface area contributed by atoms with Crippen molar-refractivity contribution >= 4 is 11.6 Å². The largest absolute Gasteiger partial charge is 0.439 e. The molecule has 0 saturated heterocycles. The van der Waals surface area contributed by atoms with E-state index in [1.807, 2.05) is 30.3 Å². The summed E-state index contributed by atoms with van der Waals surface area (Å²) in [6.07, 6.45) is 6.22. The second kappa shape index (κ2) is 6.79. The van der Waals surface area contributed by atoms with Crippen LogP contribution in [0.4, 0.5) is 5.69 Å². The normalized spacial score (nSPS) is 16.6. The summed E-state index contributed by atoms with van der Waals surface area (Å²) < 4.78 is 5.63. The lowest BCUT2D eigenvalue weighted by Crippen LogP contribution is -2.52. The van der Waals surface area contributed by atoms with E-state index in [4.69, 9.17) is 10.5 Å². The van der Waals surface area contributed by atoms with Crippen LogP contribution in [-0.2, 0) is 4.79 Å². The van der Waals surface area contributed by atoms with E-state index in [2.05, 4.69) is 10.3 Å². The van der Waals surface area contributed by atoms with Crippen molar-refractivity contribution in [1.29, 1.82) is 0 Å². The molecule has 2 aromatic rings. The summed E-state index contributed by atoms with van der Waals surface area (Å²) in [6, 6.07) is 12.9. The van der Waals surface area contributed by atoms with Gasteiger partial charge in [0.1, 0.15) is 5.75 Å². The number of para-hydroxylation sites is 1. The van der Waals surface area contributed by atoms with Crippen molar-refractivity contribution in [3.05, 3.63) is 48.7 Å². The van der Waals surface area contributed by atoms with Crippen molar-refractivity contribution in [2.75, 3.05) is 5.32 Å². The van der Waals surface area contributed by atoms with Crippen LogP contribution < -0.4 is 15.8 Å². The average Bonchev–Trinajstić information content (AvgIpc) is 2.58. The Morgan fingerprint density at radius 1 is 1.09 bits per heavy atom. The molecule has 0 bridgehead atoms. The first-order chi connectivity index (χ1) is 11.2. The van der Waals surface area contributed by atoms with Crippen LogP contribution >= 0.6 is 0 Å². The molecule has 0 spiro atoms. The fourth-order valence-electron chi connectivity index (χ4n) is 2.79. The second-order valence-electron chi connectivity index (χ2n) is 5.97. The molecule has 120 valence electrons. The van der Waals surface area contributed by atoms with E-state index in [0.717, 1.165) is 37.9 Å². The molecule has 1 saturated carbocycles. The van der Waals surface area contributed by atoms with Gasteiger partial charge in [-0.25, -0.2) is 4.98 Å². The Balaban J connectivity index is 1.62. The summed E-state index contributed by atoms with van der Waals surface area (Å²) in [5, 5.41) is 2.86. The Morgan fingerprint density at radius 3 is 2.48 bits per heavy atom. The molecule has 1 aromatic heterocycles. The first-order valence-electron chi connectivity index (χ1n) is 7.95. The number of rotatable bonds is 4. The summed E-state index contributed by atoms with van der Waals surface area (Å²) in [7, 11) is 0. The molecule has 1 aliphatic rings. The number of aromatic nitrogens is 1. The zero-order chi connectivity index (χ0) is 16.1. The monoisotopic (exact) mass is 311 g/mol. The number of nitrogens with two attached hydrogens (primary N) is 1. The third-order valence-corrected chi connectivity index (χ3v) is 4.16. The maximum atomic E-state index is 12.4. The topological polar surface area (TPSA) is 77.2 Å². The molecule has 1 heterocycles. The molecule has 0 radical (unpaired) electrons. The summed E-state index contributed by atoms with van der Waals surface area (Å²) in [5.41, 5.74) is 6.10. The fourth-order valence-corrected chi connectivity index (χ4v) is 2.79. The molecule has 3 N–H and O–H groups in total. The van der Waals surface area contributed by atoms with Crippen molar-refractivity contribution in [1.82, 2.24) is 4.98 Å². The first-order valence-corrected chi connectivity index (χ1v) is 7.95. The number of anilines is 1. The number of amides is 1. The van der Waals surface area contributed by atoms with Crippen LogP contribution in [0.2, 0.25) is 0 Å². The zero-order valence-corrected chi connectivity index (χ0v) is 13.0. The lowest BCUT2D eigenvalue weighted by atomic mass is 9.82. The van der Waals surface area contributed by atoms with E-state index in [9.17, 15) is 4.79 Å². The SMILES string of the molecule is NC1(C(=O)Nc2ccc(Oc3ccccc3)nc2)CCCCC1. The number of carbonyl (C=O) groups excluding carboxylic acids is 1. The number of nitrogens with one attached hydrogen (secondary N) is 1. The molecule has 1 amide bonds. The number of carbonyl (C=O) groups is 1. The van der Waals surface area contributed by atoms with E-state index in [-0.39, 0.29) is 5.91 Å². The van der Waals surface area contributed by atoms with Gasteiger partial charge in [-0.15, -0.1) is 0 Å². The van der Waals surface area contributed by atoms with Gasteiger partial charge in [0.25, 0.3) is 0 Å². The van der Waals surface area contributed by atoms with Gasteiger partial charge in [0.05, 0.1) is 17.4 Å². The Bertz CT molecular complexity index is 650. The Labute approximate surface area is 135 Å². The highest BCUT2D eigenvalue weighted by atomic mass is 16.5. The van der Waals surface area contributed by atoms with E-state index in [1.165, 1.54) is 0 Å². The summed E-state index contributed by atoms with van der Waals surface area (Å²) >= 11 is 0. The number of hydrogen-bond donors (Lipinski definition) is 2. The molecule has 23 heavy (non-hydrogen) atoms. The molecule has 3 rings (SSSR count). The van der Waals surface area contributed by atoms with Gasteiger partial charge < -0.3 is 15.8 Å². The zero-order valence-electron chi connectivity index (χ0n) is 13.0. The lowest BCUT2D eigenvalue weighted by Gasteiger charge is -2.31. The molecular weight excluding hydrogens is 290 g/mol. The predicted molar refractivity (Wildman–Crippen MR) is 89.4 cm³/mol. The van der Waals surface area contributed by atoms with Gasteiger partial charge in [-0.05, 0) is 31.0 Å². The Morgan fingerprint density at radius 2 is 1.83 bits per heavy atom. The van der Waals surface area contributed by atoms with Crippen molar-refractivity contribution < 1.29 is 9.53 Å². The van der Waals surface area contributed by atoms with E-state index in [1.54, 1.807) is 18.3 Å². The maximum absolute atomic E-state index is 12.4. The van der Waals surface area contributed by atoms with E-state index in [0.29, 0.717) is 11.6 Å². The molecule has 0 unspecified atom stereocenters. The molecule has 0 atom stereocenters. The minimum Gasteiger partial charge on any atom is -0.439 e. The number of pyridine rings is 1. The molecule has 5 nitrogen and oxygen atoms in total. The fraction of sp³-hybridized carbons (Fsp3) is 0.333. The molecule has 0 aliphatic heterocycles. The number of benzene rings is 1. The number of ether oxygens (including phenoxy) is 1. The van der Waals surface area contributed by atoms with Crippen LogP contribution in [0.1, 0.15) is 32.1 Å².